The van der Waals surface area contributed by atoms with Gasteiger partial charge in [-0.3, -0.25) is 14.4 Å². The Balaban J connectivity index is 2.94. The van der Waals surface area contributed by atoms with Crippen molar-refractivity contribution in [1.29, 1.82) is 0 Å². The Bertz CT molecular complexity index is 639. The Morgan fingerprint density at radius 3 is 2.17 bits per heavy atom. The first kappa shape index (κ1) is 25.8. The normalized spacial score (nSPS) is 21.5. The van der Waals surface area contributed by atoms with Gasteiger partial charge in [0.15, 0.2) is 0 Å². The van der Waals surface area contributed by atoms with Crippen molar-refractivity contribution in [2.45, 2.75) is 84.2 Å². The first-order valence-corrected chi connectivity index (χ1v) is 10.5. The van der Waals surface area contributed by atoms with Crippen molar-refractivity contribution >= 4 is 23.7 Å². The maximum atomic E-state index is 13.1. The van der Waals surface area contributed by atoms with E-state index in [0.717, 1.165) is 0 Å². The van der Waals surface area contributed by atoms with Gasteiger partial charge in [0.2, 0.25) is 17.7 Å². The number of carbonyl (C=O) groups is 4. The predicted octanol–water partition coefficient (Wildman–Crippen LogP) is -0.558. The molecule has 0 saturated carbocycles. The van der Waals surface area contributed by atoms with Crippen LogP contribution in [0.25, 0.3) is 0 Å². The number of aliphatic hydroxyl groups excluding tert-OH is 1. The molecule has 1 aliphatic rings. The van der Waals surface area contributed by atoms with E-state index in [1.54, 1.807) is 13.8 Å². The van der Waals surface area contributed by atoms with E-state index in [0.29, 0.717) is 19.3 Å². The molecule has 0 aromatic rings. The summed E-state index contributed by atoms with van der Waals surface area (Å²) >= 11 is 0. The number of aliphatic hydroxyl groups is 1. The molecule has 0 aliphatic carbocycles. The van der Waals surface area contributed by atoms with Gasteiger partial charge in [-0.2, -0.15) is 0 Å². The van der Waals surface area contributed by atoms with E-state index >= 15 is 0 Å². The van der Waals surface area contributed by atoms with Gasteiger partial charge >= 0.3 is 5.97 Å². The van der Waals surface area contributed by atoms with E-state index in [1.165, 1.54) is 11.8 Å². The van der Waals surface area contributed by atoms with Crippen LogP contribution in [0.3, 0.4) is 0 Å². The van der Waals surface area contributed by atoms with Crippen molar-refractivity contribution in [2.75, 3.05) is 6.54 Å². The molecule has 3 amide bonds. The molecule has 172 valence electrons. The van der Waals surface area contributed by atoms with Crippen molar-refractivity contribution in [2.24, 2.45) is 17.6 Å². The highest BCUT2D eigenvalue weighted by atomic mass is 16.4. The average Bonchev–Trinajstić information content (AvgIpc) is 3.17. The number of likely N-dealkylation sites (tertiary alicyclic amines) is 1. The van der Waals surface area contributed by atoms with Crippen LogP contribution in [-0.4, -0.2) is 75.6 Å². The molecule has 0 aromatic carbocycles. The maximum Gasteiger partial charge on any atom is 0.326 e. The first-order valence-electron chi connectivity index (χ1n) is 10.5. The molecule has 0 spiro atoms. The largest absolute Gasteiger partial charge is 0.480 e. The second-order valence-electron chi connectivity index (χ2n) is 8.40. The Kier molecular flexibility index (Phi) is 9.70. The number of rotatable bonds is 10. The smallest absolute Gasteiger partial charge is 0.326 e. The average molecular weight is 429 g/mol. The van der Waals surface area contributed by atoms with Gasteiger partial charge in [0.25, 0.3) is 0 Å². The van der Waals surface area contributed by atoms with Gasteiger partial charge in [0, 0.05) is 6.54 Å². The van der Waals surface area contributed by atoms with Gasteiger partial charge in [-0.1, -0.05) is 34.1 Å². The van der Waals surface area contributed by atoms with Crippen LogP contribution in [0.4, 0.5) is 0 Å². The molecule has 1 rings (SSSR count). The summed E-state index contributed by atoms with van der Waals surface area (Å²) < 4.78 is 0. The van der Waals surface area contributed by atoms with E-state index in [1.807, 2.05) is 13.8 Å². The van der Waals surface area contributed by atoms with Crippen molar-refractivity contribution in [3.8, 4) is 0 Å². The van der Waals surface area contributed by atoms with Gasteiger partial charge in [-0.05, 0) is 31.6 Å². The fraction of sp³-hybridized carbons (Fsp3) is 0.800. The Morgan fingerprint density at radius 2 is 1.70 bits per heavy atom. The molecule has 0 bridgehead atoms. The summed E-state index contributed by atoms with van der Waals surface area (Å²) in [4.78, 5) is 50.9. The Labute approximate surface area is 177 Å². The monoisotopic (exact) mass is 428 g/mol. The van der Waals surface area contributed by atoms with Gasteiger partial charge in [0.1, 0.15) is 18.1 Å². The molecule has 0 aromatic heterocycles. The van der Waals surface area contributed by atoms with Crippen LogP contribution in [0, 0.1) is 11.8 Å². The third kappa shape index (κ3) is 6.40. The number of nitrogens with two attached hydrogens (primary N) is 1. The number of nitrogens with one attached hydrogen (secondary N) is 2. The van der Waals surface area contributed by atoms with E-state index in [-0.39, 0.29) is 18.4 Å². The molecule has 1 saturated heterocycles. The topological polar surface area (TPSA) is 162 Å². The SMILES string of the molecule is CCC(C)C(N)C(=O)NC(C(=O)N1CCCC1C(=O)NC(C(=O)O)C(C)C)C(C)O. The highest BCUT2D eigenvalue weighted by Crippen LogP contribution is 2.20. The molecule has 10 heteroatoms. The number of aliphatic carboxylic acids is 1. The quantitative estimate of drug-likeness (QED) is 0.311. The van der Waals surface area contributed by atoms with E-state index in [2.05, 4.69) is 10.6 Å². The number of nitrogens with zero attached hydrogens (tertiary/aromatic N) is 1. The summed E-state index contributed by atoms with van der Waals surface area (Å²) in [6.07, 6.45) is 0.402. The summed E-state index contributed by atoms with van der Waals surface area (Å²) in [5.74, 6) is -3.29. The standard InChI is InChI=1S/C20H36N4O6/c1-6-11(4)14(21)18(27)23-16(12(5)25)19(28)24-9-7-8-13(24)17(26)22-15(10(2)3)20(29)30/h10-16,25H,6-9,21H2,1-5H3,(H,22,26)(H,23,27)(H,29,30). The molecule has 6 unspecified atom stereocenters. The number of hydrogen-bond donors (Lipinski definition) is 5. The van der Waals surface area contributed by atoms with E-state index in [9.17, 15) is 29.4 Å². The van der Waals surface area contributed by atoms with Crippen LogP contribution in [0.5, 0.6) is 0 Å². The molecule has 1 aliphatic heterocycles. The summed E-state index contributed by atoms with van der Waals surface area (Å²) in [5, 5.41) is 24.4. The minimum atomic E-state index is -1.25. The minimum Gasteiger partial charge on any atom is -0.480 e. The summed E-state index contributed by atoms with van der Waals surface area (Å²) in [5.41, 5.74) is 5.92. The van der Waals surface area contributed by atoms with Crippen molar-refractivity contribution in [1.82, 2.24) is 15.5 Å². The zero-order valence-corrected chi connectivity index (χ0v) is 18.4. The second kappa shape index (κ2) is 11.3. The van der Waals surface area contributed by atoms with Crippen LogP contribution < -0.4 is 16.4 Å². The number of hydrogen-bond acceptors (Lipinski definition) is 6. The molecule has 1 fully saturated rings. The van der Waals surface area contributed by atoms with Crippen LogP contribution in [0.1, 0.15) is 53.9 Å². The molecule has 6 atom stereocenters. The minimum absolute atomic E-state index is 0.107. The lowest BCUT2D eigenvalue weighted by molar-refractivity contribution is -0.146. The summed E-state index contributed by atoms with van der Waals surface area (Å²) in [7, 11) is 0. The zero-order chi connectivity index (χ0) is 23.2. The van der Waals surface area contributed by atoms with Crippen molar-refractivity contribution in [3.05, 3.63) is 0 Å². The molecule has 0 radical (unpaired) electrons. The van der Waals surface area contributed by atoms with Gasteiger partial charge in [-0.15, -0.1) is 0 Å². The lowest BCUT2D eigenvalue weighted by Crippen LogP contribution is -2.60. The number of carboxylic acids is 1. The number of amides is 3. The van der Waals surface area contributed by atoms with Crippen molar-refractivity contribution in [3.63, 3.8) is 0 Å². The molecule has 30 heavy (non-hydrogen) atoms. The van der Waals surface area contributed by atoms with Gasteiger partial charge in [0.05, 0.1) is 12.1 Å². The third-order valence-corrected chi connectivity index (χ3v) is 5.67. The van der Waals surface area contributed by atoms with Gasteiger partial charge < -0.3 is 31.5 Å². The second-order valence-corrected chi connectivity index (χ2v) is 8.40. The lowest BCUT2D eigenvalue weighted by atomic mass is 9.98. The molecule has 1 heterocycles. The summed E-state index contributed by atoms with van der Waals surface area (Å²) in [6.45, 7) is 8.71. The van der Waals surface area contributed by atoms with Crippen LogP contribution >= 0.6 is 0 Å². The number of carboxylic acid groups (broad SMARTS) is 1. The van der Waals surface area contributed by atoms with Crippen LogP contribution in [0.2, 0.25) is 0 Å². The van der Waals surface area contributed by atoms with Crippen LogP contribution in [-0.2, 0) is 19.2 Å². The maximum absolute atomic E-state index is 13.1. The van der Waals surface area contributed by atoms with Crippen molar-refractivity contribution < 1.29 is 29.4 Å². The summed E-state index contributed by atoms with van der Waals surface area (Å²) in [6, 6.07) is -4.01. The number of carbonyl (C=O) groups excluding carboxylic acids is 3. The highest BCUT2D eigenvalue weighted by molar-refractivity contribution is 5.94. The zero-order valence-electron chi connectivity index (χ0n) is 18.4. The molecule has 10 nitrogen and oxygen atoms in total. The third-order valence-electron chi connectivity index (χ3n) is 5.67. The van der Waals surface area contributed by atoms with E-state index in [4.69, 9.17) is 5.73 Å². The molecule has 6 N–H and O–H groups in total. The molecular formula is C20H36N4O6. The van der Waals surface area contributed by atoms with Gasteiger partial charge in [-0.25, -0.2) is 4.79 Å². The first-order chi connectivity index (χ1) is 13.9. The van der Waals surface area contributed by atoms with Crippen LogP contribution in [0.15, 0.2) is 0 Å². The Morgan fingerprint density at radius 1 is 1.10 bits per heavy atom. The predicted molar refractivity (Wildman–Crippen MR) is 110 cm³/mol. The highest BCUT2D eigenvalue weighted by Gasteiger charge is 2.40. The lowest BCUT2D eigenvalue weighted by Gasteiger charge is -2.31. The fourth-order valence-corrected chi connectivity index (χ4v) is 3.40. The Hall–Kier alpha value is -2.20. The molecular weight excluding hydrogens is 392 g/mol. The van der Waals surface area contributed by atoms with E-state index < -0.39 is 54.0 Å². The fourth-order valence-electron chi connectivity index (χ4n) is 3.40.